The van der Waals surface area contributed by atoms with Crippen LogP contribution in [0.3, 0.4) is 0 Å². The van der Waals surface area contributed by atoms with Crippen molar-refractivity contribution in [3.63, 3.8) is 0 Å². The number of hydrogen-bond donors (Lipinski definition) is 2. The van der Waals surface area contributed by atoms with Crippen LogP contribution in [-0.4, -0.2) is 65.1 Å². The number of carbonyl (C=O) groups excluding carboxylic acids is 2. The molecule has 168 valence electrons. The third kappa shape index (κ3) is 6.21. The Morgan fingerprint density at radius 1 is 1.32 bits per heavy atom. The van der Waals surface area contributed by atoms with Gasteiger partial charge in [-0.25, -0.2) is 4.79 Å². The van der Waals surface area contributed by atoms with E-state index in [1.807, 2.05) is 19.1 Å². The van der Waals surface area contributed by atoms with Gasteiger partial charge in [-0.1, -0.05) is 6.92 Å². The maximum Gasteiger partial charge on any atom is 0.410 e. The molecule has 31 heavy (non-hydrogen) atoms. The van der Waals surface area contributed by atoms with E-state index in [1.165, 1.54) is 4.90 Å². The lowest BCUT2D eigenvalue weighted by Gasteiger charge is -2.33. The van der Waals surface area contributed by atoms with Crippen molar-refractivity contribution in [3.05, 3.63) is 30.5 Å². The minimum atomic E-state index is -0.784. The fourth-order valence-electron chi connectivity index (χ4n) is 3.08. The van der Waals surface area contributed by atoms with Crippen LogP contribution < -0.4 is 10.1 Å². The highest BCUT2D eigenvalue weighted by atomic mass is 16.6. The molecule has 3 rings (SSSR count). The van der Waals surface area contributed by atoms with Crippen LogP contribution in [0.4, 0.5) is 10.5 Å². The first kappa shape index (κ1) is 22.6. The number of H-pyrrole nitrogens is 1. The molecule has 1 aliphatic rings. The zero-order valence-corrected chi connectivity index (χ0v) is 18.4. The van der Waals surface area contributed by atoms with Gasteiger partial charge in [-0.05, 0) is 45.4 Å². The van der Waals surface area contributed by atoms with Gasteiger partial charge in [0, 0.05) is 30.1 Å². The Morgan fingerprint density at radius 2 is 2.13 bits per heavy atom. The van der Waals surface area contributed by atoms with E-state index in [1.54, 1.807) is 39.1 Å². The molecule has 2 amide bonds. The van der Waals surface area contributed by atoms with Crippen molar-refractivity contribution in [1.82, 2.24) is 15.1 Å². The van der Waals surface area contributed by atoms with E-state index in [2.05, 4.69) is 15.5 Å². The molecule has 9 heteroatoms. The second kappa shape index (κ2) is 9.82. The number of carbonyl (C=O) groups is 2. The second-order valence-electron chi connectivity index (χ2n) is 8.30. The normalized spacial score (nSPS) is 16.6. The largest absolute Gasteiger partial charge is 0.493 e. The maximum absolute atomic E-state index is 12.8. The van der Waals surface area contributed by atoms with E-state index in [0.29, 0.717) is 24.6 Å². The molecule has 1 atom stereocenters. The van der Waals surface area contributed by atoms with Crippen LogP contribution in [0.5, 0.6) is 5.75 Å². The number of amides is 2. The summed E-state index contributed by atoms with van der Waals surface area (Å²) in [7, 11) is 0. The molecule has 0 radical (unpaired) electrons. The summed E-state index contributed by atoms with van der Waals surface area (Å²) in [5.74, 6) is 0.313. The maximum atomic E-state index is 12.8. The SMILES string of the molecule is CCCOc1cc(NC(=O)C2CN(C(=O)OC(C)(C)C)CCO2)ccc1-c1ccn[nH]1. The second-order valence-corrected chi connectivity index (χ2v) is 8.30. The average molecular weight is 431 g/mol. The number of rotatable bonds is 6. The van der Waals surface area contributed by atoms with Crippen LogP contribution in [0.25, 0.3) is 11.3 Å². The van der Waals surface area contributed by atoms with Crippen LogP contribution in [0.2, 0.25) is 0 Å². The van der Waals surface area contributed by atoms with Gasteiger partial charge in [0.05, 0.1) is 25.5 Å². The molecule has 2 N–H and O–H groups in total. The third-order valence-corrected chi connectivity index (χ3v) is 4.51. The van der Waals surface area contributed by atoms with Crippen molar-refractivity contribution in [2.24, 2.45) is 0 Å². The van der Waals surface area contributed by atoms with Crippen LogP contribution in [0.1, 0.15) is 34.1 Å². The summed E-state index contributed by atoms with van der Waals surface area (Å²) < 4.78 is 16.9. The van der Waals surface area contributed by atoms with Gasteiger partial charge in [0.2, 0.25) is 0 Å². The summed E-state index contributed by atoms with van der Waals surface area (Å²) in [6, 6.07) is 7.29. The molecule has 2 heterocycles. The number of hydrogen-bond acceptors (Lipinski definition) is 6. The number of ether oxygens (including phenoxy) is 3. The minimum absolute atomic E-state index is 0.131. The molecule has 1 saturated heterocycles. The molecule has 0 aliphatic carbocycles. The Labute approximate surface area is 182 Å². The first-order valence-electron chi connectivity index (χ1n) is 10.4. The van der Waals surface area contributed by atoms with Crippen LogP contribution in [0.15, 0.2) is 30.5 Å². The molecule has 0 bridgehead atoms. The Bertz CT molecular complexity index is 892. The summed E-state index contributed by atoms with van der Waals surface area (Å²) in [5, 5.41) is 9.77. The third-order valence-electron chi connectivity index (χ3n) is 4.51. The lowest BCUT2D eigenvalue weighted by atomic mass is 10.1. The summed E-state index contributed by atoms with van der Waals surface area (Å²) in [5.41, 5.74) is 1.66. The van der Waals surface area contributed by atoms with E-state index >= 15 is 0 Å². The van der Waals surface area contributed by atoms with Gasteiger partial charge in [-0.15, -0.1) is 0 Å². The Balaban J connectivity index is 1.68. The van der Waals surface area contributed by atoms with Crippen molar-refractivity contribution in [2.75, 3.05) is 31.6 Å². The van der Waals surface area contributed by atoms with E-state index in [4.69, 9.17) is 14.2 Å². The molecule has 2 aromatic rings. The topological polar surface area (TPSA) is 106 Å². The lowest BCUT2D eigenvalue weighted by molar-refractivity contribution is -0.132. The number of benzene rings is 1. The smallest absolute Gasteiger partial charge is 0.410 e. The first-order valence-corrected chi connectivity index (χ1v) is 10.4. The van der Waals surface area contributed by atoms with Crippen LogP contribution in [0, 0.1) is 0 Å². The number of anilines is 1. The average Bonchev–Trinajstić information content (AvgIpc) is 3.26. The molecule has 0 saturated carbocycles. The number of nitrogens with one attached hydrogen (secondary N) is 2. The van der Waals surface area contributed by atoms with E-state index in [9.17, 15) is 9.59 Å². The molecule has 0 spiro atoms. The Morgan fingerprint density at radius 3 is 2.81 bits per heavy atom. The quantitative estimate of drug-likeness (QED) is 0.727. The van der Waals surface area contributed by atoms with Crippen molar-refractivity contribution in [3.8, 4) is 17.0 Å². The van der Waals surface area contributed by atoms with Gasteiger partial charge in [-0.3, -0.25) is 9.89 Å². The predicted molar refractivity (Wildman–Crippen MR) is 116 cm³/mol. The minimum Gasteiger partial charge on any atom is -0.493 e. The molecule has 1 fully saturated rings. The van der Waals surface area contributed by atoms with Gasteiger partial charge >= 0.3 is 6.09 Å². The van der Waals surface area contributed by atoms with Crippen LogP contribution >= 0.6 is 0 Å². The number of aromatic amines is 1. The highest BCUT2D eigenvalue weighted by Crippen LogP contribution is 2.31. The molecule has 1 unspecified atom stereocenters. The summed E-state index contributed by atoms with van der Waals surface area (Å²) in [6.07, 6.45) is 1.29. The molecular weight excluding hydrogens is 400 g/mol. The number of nitrogens with zero attached hydrogens (tertiary/aromatic N) is 2. The zero-order valence-electron chi connectivity index (χ0n) is 18.4. The first-order chi connectivity index (χ1) is 14.8. The van der Waals surface area contributed by atoms with Gasteiger partial charge in [-0.2, -0.15) is 5.10 Å². The van der Waals surface area contributed by atoms with Gasteiger partial charge < -0.3 is 24.4 Å². The monoisotopic (exact) mass is 430 g/mol. The summed E-state index contributed by atoms with van der Waals surface area (Å²) >= 11 is 0. The molecule has 1 aromatic heterocycles. The van der Waals surface area contributed by atoms with E-state index < -0.39 is 17.8 Å². The van der Waals surface area contributed by atoms with Crippen molar-refractivity contribution in [2.45, 2.75) is 45.8 Å². The van der Waals surface area contributed by atoms with Crippen LogP contribution in [-0.2, 0) is 14.3 Å². The molecule has 1 aromatic carbocycles. The van der Waals surface area contributed by atoms with Crippen molar-refractivity contribution in [1.29, 1.82) is 0 Å². The molecule has 1 aliphatic heterocycles. The van der Waals surface area contributed by atoms with E-state index in [0.717, 1.165) is 17.7 Å². The summed E-state index contributed by atoms with van der Waals surface area (Å²) in [6.45, 7) is 8.77. The number of morpholine rings is 1. The highest BCUT2D eigenvalue weighted by molar-refractivity contribution is 5.95. The fourth-order valence-corrected chi connectivity index (χ4v) is 3.08. The van der Waals surface area contributed by atoms with Crippen molar-refractivity contribution >= 4 is 17.7 Å². The lowest BCUT2D eigenvalue weighted by Crippen LogP contribution is -2.51. The number of aromatic nitrogens is 2. The van der Waals surface area contributed by atoms with Gasteiger partial charge in [0.25, 0.3) is 5.91 Å². The van der Waals surface area contributed by atoms with Crippen molar-refractivity contribution < 1.29 is 23.8 Å². The summed E-state index contributed by atoms with van der Waals surface area (Å²) in [4.78, 5) is 26.6. The Hall–Kier alpha value is -3.07. The Kier molecular flexibility index (Phi) is 7.17. The highest BCUT2D eigenvalue weighted by Gasteiger charge is 2.32. The fraction of sp³-hybridized carbons (Fsp3) is 0.500. The van der Waals surface area contributed by atoms with Gasteiger partial charge in [0.15, 0.2) is 6.10 Å². The van der Waals surface area contributed by atoms with E-state index in [-0.39, 0.29) is 19.1 Å². The standard InChI is InChI=1S/C22H30N4O5/c1-5-11-29-18-13-15(6-7-16(18)17-8-9-23-25-17)24-20(27)19-14-26(10-12-30-19)21(28)31-22(2,3)4/h6-9,13,19H,5,10-12,14H2,1-4H3,(H,23,25)(H,24,27). The predicted octanol–water partition coefficient (Wildman–Crippen LogP) is 3.44. The van der Waals surface area contributed by atoms with Gasteiger partial charge in [0.1, 0.15) is 11.4 Å². The molecule has 9 nitrogen and oxygen atoms in total. The molecular formula is C22H30N4O5. The zero-order chi connectivity index (χ0) is 22.4.